The molecule has 0 aliphatic carbocycles. The quantitative estimate of drug-likeness (QED) is 0.535. The van der Waals surface area contributed by atoms with E-state index < -0.39 is 11.6 Å². The maximum absolute atomic E-state index is 14.0. The Hall–Kier alpha value is -3.13. The van der Waals surface area contributed by atoms with Crippen LogP contribution in [0.2, 0.25) is 5.02 Å². The van der Waals surface area contributed by atoms with Gasteiger partial charge in [-0.3, -0.25) is 0 Å². The number of hydrogen-bond donors (Lipinski definition) is 1. The van der Waals surface area contributed by atoms with Crippen molar-refractivity contribution >= 4 is 28.5 Å². The highest BCUT2D eigenvalue weighted by molar-refractivity contribution is 6.31. The summed E-state index contributed by atoms with van der Waals surface area (Å²) in [7, 11) is 0. The van der Waals surface area contributed by atoms with Crippen LogP contribution >= 0.6 is 11.6 Å². The van der Waals surface area contributed by atoms with Crippen LogP contribution in [0.25, 0.3) is 10.9 Å². The van der Waals surface area contributed by atoms with E-state index in [0.29, 0.717) is 30.3 Å². The topological polar surface area (TPSA) is 70.6 Å². The van der Waals surface area contributed by atoms with Crippen molar-refractivity contribution in [3.63, 3.8) is 0 Å². The Kier molecular flexibility index (Phi) is 4.16. The number of nitrogens with zero attached hydrogens (tertiary/aromatic N) is 5. The summed E-state index contributed by atoms with van der Waals surface area (Å²) in [5, 5.41) is 0.961. The van der Waals surface area contributed by atoms with Gasteiger partial charge in [-0.15, -0.1) is 0 Å². The molecule has 0 amide bonds. The standard InChI is InChI=1S/C20H15ClF2N6/c1-10-24-6-11(7-25-10)19-18-13(14-4-15(21)16(23)5-17(14)28-18)2-3-29(19)20-26-8-12(22)9-27-20/h4-9,19,28H,2-3H2,1H3. The van der Waals surface area contributed by atoms with E-state index in [1.165, 1.54) is 6.07 Å². The van der Waals surface area contributed by atoms with Gasteiger partial charge in [0, 0.05) is 41.1 Å². The molecule has 1 atom stereocenters. The molecule has 9 heteroatoms. The van der Waals surface area contributed by atoms with Crippen LogP contribution in [0.4, 0.5) is 14.7 Å². The molecule has 29 heavy (non-hydrogen) atoms. The third kappa shape index (κ3) is 3.00. The molecule has 4 aromatic rings. The lowest BCUT2D eigenvalue weighted by Gasteiger charge is -2.35. The van der Waals surface area contributed by atoms with Gasteiger partial charge in [0.05, 0.1) is 17.4 Å². The van der Waals surface area contributed by atoms with Gasteiger partial charge in [-0.1, -0.05) is 11.6 Å². The predicted molar refractivity (Wildman–Crippen MR) is 105 cm³/mol. The summed E-state index contributed by atoms with van der Waals surface area (Å²) < 4.78 is 27.4. The third-order valence-electron chi connectivity index (χ3n) is 5.15. The van der Waals surface area contributed by atoms with Gasteiger partial charge in [-0.2, -0.15) is 0 Å². The zero-order valence-corrected chi connectivity index (χ0v) is 16.1. The molecule has 0 fully saturated rings. The molecule has 1 aromatic carbocycles. The maximum atomic E-state index is 14.0. The van der Waals surface area contributed by atoms with Crippen molar-refractivity contribution < 1.29 is 8.78 Å². The number of H-pyrrole nitrogens is 1. The minimum atomic E-state index is -0.502. The Labute approximate surface area is 169 Å². The van der Waals surface area contributed by atoms with Crippen molar-refractivity contribution in [2.24, 2.45) is 0 Å². The van der Waals surface area contributed by atoms with E-state index in [2.05, 4.69) is 24.9 Å². The number of nitrogens with one attached hydrogen (secondary N) is 1. The van der Waals surface area contributed by atoms with Crippen LogP contribution in [-0.4, -0.2) is 31.5 Å². The lowest BCUT2D eigenvalue weighted by Crippen LogP contribution is -2.37. The van der Waals surface area contributed by atoms with E-state index in [0.717, 1.165) is 34.6 Å². The molecule has 0 saturated carbocycles. The number of anilines is 1. The average Bonchev–Trinajstić information content (AvgIpc) is 3.06. The largest absolute Gasteiger partial charge is 0.356 e. The third-order valence-corrected chi connectivity index (χ3v) is 5.44. The minimum Gasteiger partial charge on any atom is -0.356 e. The number of aryl methyl sites for hydroxylation is 1. The molecule has 3 aromatic heterocycles. The molecule has 1 unspecified atom stereocenters. The summed E-state index contributed by atoms with van der Waals surface area (Å²) in [6, 6.07) is 2.71. The van der Waals surface area contributed by atoms with Crippen molar-refractivity contribution in [1.82, 2.24) is 24.9 Å². The van der Waals surface area contributed by atoms with E-state index in [1.807, 2.05) is 11.8 Å². The van der Waals surface area contributed by atoms with E-state index in [9.17, 15) is 8.78 Å². The number of halogens is 3. The number of hydrogen-bond acceptors (Lipinski definition) is 5. The Morgan fingerprint density at radius 1 is 1.07 bits per heavy atom. The lowest BCUT2D eigenvalue weighted by atomic mass is 9.94. The monoisotopic (exact) mass is 412 g/mol. The Morgan fingerprint density at radius 3 is 2.52 bits per heavy atom. The summed E-state index contributed by atoms with van der Waals surface area (Å²) in [5.74, 6) is 0.0643. The van der Waals surface area contributed by atoms with Gasteiger partial charge in [0.15, 0.2) is 5.82 Å². The lowest BCUT2D eigenvalue weighted by molar-refractivity contribution is 0.594. The maximum Gasteiger partial charge on any atom is 0.226 e. The molecule has 6 nitrogen and oxygen atoms in total. The Morgan fingerprint density at radius 2 is 1.79 bits per heavy atom. The Bertz CT molecular complexity index is 1210. The summed E-state index contributed by atoms with van der Waals surface area (Å²) in [6.07, 6.45) is 6.44. The van der Waals surface area contributed by atoms with Crippen molar-refractivity contribution in [3.05, 3.63) is 76.2 Å². The molecule has 1 aliphatic heterocycles. The van der Waals surface area contributed by atoms with Gasteiger partial charge in [0.25, 0.3) is 0 Å². The van der Waals surface area contributed by atoms with Gasteiger partial charge < -0.3 is 9.88 Å². The number of aromatic nitrogens is 5. The van der Waals surface area contributed by atoms with E-state index in [1.54, 1.807) is 18.5 Å². The van der Waals surface area contributed by atoms with Crippen LogP contribution in [0.5, 0.6) is 0 Å². The molecular weight excluding hydrogens is 398 g/mol. The van der Waals surface area contributed by atoms with Crippen LogP contribution in [0, 0.1) is 18.6 Å². The first kappa shape index (κ1) is 17.9. The average molecular weight is 413 g/mol. The molecule has 1 N–H and O–H groups in total. The zero-order valence-electron chi connectivity index (χ0n) is 15.3. The normalized spacial score (nSPS) is 16.3. The SMILES string of the molecule is Cc1ncc(C2c3[nH]c4cc(F)c(Cl)cc4c3CCN2c2ncc(F)cn2)cn1. The van der Waals surface area contributed by atoms with Crippen LogP contribution in [-0.2, 0) is 6.42 Å². The zero-order chi connectivity index (χ0) is 20.1. The van der Waals surface area contributed by atoms with Crippen LogP contribution in [0.1, 0.15) is 28.7 Å². The molecule has 0 bridgehead atoms. The molecule has 4 heterocycles. The Balaban J connectivity index is 1.71. The first-order chi connectivity index (χ1) is 14.0. The second-order valence-electron chi connectivity index (χ2n) is 6.94. The molecule has 1 aliphatic rings. The summed E-state index contributed by atoms with van der Waals surface area (Å²) in [5.41, 5.74) is 3.40. The first-order valence-corrected chi connectivity index (χ1v) is 9.41. The van der Waals surface area contributed by atoms with E-state index in [4.69, 9.17) is 11.6 Å². The molecule has 146 valence electrons. The highest BCUT2D eigenvalue weighted by Crippen LogP contribution is 2.40. The second kappa shape index (κ2) is 6.73. The number of aromatic amines is 1. The molecule has 0 radical (unpaired) electrons. The minimum absolute atomic E-state index is 0.0822. The summed E-state index contributed by atoms with van der Waals surface area (Å²) in [4.78, 5) is 22.2. The van der Waals surface area contributed by atoms with Gasteiger partial charge in [0.1, 0.15) is 17.7 Å². The second-order valence-corrected chi connectivity index (χ2v) is 7.35. The summed E-state index contributed by atoms with van der Waals surface area (Å²) >= 11 is 6.02. The molecule has 0 saturated heterocycles. The molecule has 0 spiro atoms. The smallest absolute Gasteiger partial charge is 0.226 e. The van der Waals surface area contributed by atoms with Gasteiger partial charge in [-0.05, 0) is 31.0 Å². The van der Waals surface area contributed by atoms with Gasteiger partial charge in [-0.25, -0.2) is 28.7 Å². The van der Waals surface area contributed by atoms with Gasteiger partial charge >= 0.3 is 0 Å². The first-order valence-electron chi connectivity index (χ1n) is 9.03. The molecule has 5 rings (SSSR count). The van der Waals surface area contributed by atoms with Crippen molar-refractivity contribution in [1.29, 1.82) is 0 Å². The van der Waals surface area contributed by atoms with E-state index in [-0.39, 0.29) is 11.1 Å². The number of benzene rings is 1. The fraction of sp³-hybridized carbons (Fsp3) is 0.200. The van der Waals surface area contributed by atoms with Crippen LogP contribution < -0.4 is 4.90 Å². The summed E-state index contributed by atoms with van der Waals surface area (Å²) in [6.45, 7) is 2.39. The highest BCUT2D eigenvalue weighted by atomic mass is 35.5. The fourth-order valence-corrected chi connectivity index (χ4v) is 4.01. The van der Waals surface area contributed by atoms with Crippen LogP contribution in [0.3, 0.4) is 0 Å². The van der Waals surface area contributed by atoms with E-state index >= 15 is 0 Å². The fourth-order valence-electron chi connectivity index (χ4n) is 3.85. The van der Waals surface area contributed by atoms with Crippen LogP contribution in [0.15, 0.2) is 36.9 Å². The van der Waals surface area contributed by atoms with Crippen molar-refractivity contribution in [2.45, 2.75) is 19.4 Å². The predicted octanol–water partition coefficient (Wildman–Crippen LogP) is 4.14. The highest BCUT2D eigenvalue weighted by Gasteiger charge is 2.34. The number of rotatable bonds is 2. The molecular formula is C20H15ClF2N6. The van der Waals surface area contributed by atoms with Gasteiger partial charge in [0.2, 0.25) is 5.95 Å². The number of fused-ring (bicyclic) bond motifs is 3. The van der Waals surface area contributed by atoms with Crippen molar-refractivity contribution in [3.8, 4) is 0 Å². The van der Waals surface area contributed by atoms with Crippen molar-refractivity contribution in [2.75, 3.05) is 11.4 Å².